The molecule has 37 heavy (non-hydrogen) atoms. The third-order valence-corrected chi connectivity index (χ3v) is 7.39. The normalized spacial score (nSPS) is 11.5. The Morgan fingerprint density at radius 1 is 1.08 bits per heavy atom. The molecule has 3 rings (SSSR count). The highest BCUT2D eigenvalue weighted by molar-refractivity contribution is 7.92. The van der Waals surface area contributed by atoms with E-state index in [9.17, 15) is 18.5 Å². The Morgan fingerprint density at radius 2 is 1.78 bits per heavy atom. The zero-order valence-electron chi connectivity index (χ0n) is 20.8. The van der Waals surface area contributed by atoms with Crippen LogP contribution < -0.4 is 19.5 Å². The van der Waals surface area contributed by atoms with E-state index in [1.807, 2.05) is 45.0 Å². The van der Waals surface area contributed by atoms with Gasteiger partial charge in [-0.3, -0.25) is 10.1 Å². The highest BCUT2D eigenvalue weighted by Crippen LogP contribution is 2.30. The maximum atomic E-state index is 12.5. The predicted octanol–water partition coefficient (Wildman–Crippen LogP) is 3.96. The summed E-state index contributed by atoms with van der Waals surface area (Å²) in [5.74, 6) is 1.03. The molecule has 0 fully saturated rings. The zero-order valence-corrected chi connectivity index (χ0v) is 22.4. The van der Waals surface area contributed by atoms with Crippen LogP contribution in [0.15, 0.2) is 46.3 Å². The fraction of sp³-hybridized carbons (Fsp3) is 0.280. The summed E-state index contributed by atoms with van der Waals surface area (Å²) in [5, 5.41) is 19.0. The Labute approximate surface area is 219 Å². The first-order valence-corrected chi connectivity index (χ1v) is 13.9. The maximum absolute atomic E-state index is 12.5. The van der Waals surface area contributed by atoms with Gasteiger partial charge in [-0.1, -0.05) is 35.6 Å². The summed E-state index contributed by atoms with van der Waals surface area (Å²) < 4.78 is 40.3. The van der Waals surface area contributed by atoms with Crippen LogP contribution in [0.25, 0.3) is 6.08 Å². The number of nitriles is 1. The van der Waals surface area contributed by atoms with Crippen molar-refractivity contribution in [1.29, 1.82) is 5.26 Å². The molecule has 1 aromatic heterocycles. The second kappa shape index (κ2) is 12.3. The third kappa shape index (κ3) is 7.52. The number of hydrogen-bond donors (Lipinski definition) is 1. The van der Waals surface area contributed by atoms with Gasteiger partial charge in [0.15, 0.2) is 11.5 Å². The number of nitrogens with zero attached hydrogens (tertiary/aromatic N) is 3. The van der Waals surface area contributed by atoms with Crippen LogP contribution in [0.5, 0.6) is 17.2 Å². The van der Waals surface area contributed by atoms with E-state index in [4.69, 9.17) is 14.2 Å². The number of nitrogens with one attached hydrogen (secondary N) is 1. The number of carbonyl (C=O) groups excluding carboxylic acids is 1. The summed E-state index contributed by atoms with van der Waals surface area (Å²) in [6, 6.07) is 12.8. The molecule has 0 saturated carbocycles. The van der Waals surface area contributed by atoms with Gasteiger partial charge in [-0.2, -0.15) is 5.26 Å². The molecule has 10 nitrogen and oxygen atoms in total. The minimum Gasteiger partial charge on any atom is -0.490 e. The monoisotopic (exact) mass is 542 g/mol. The maximum Gasteiger partial charge on any atom is 0.268 e. The van der Waals surface area contributed by atoms with Crippen molar-refractivity contribution in [3.05, 3.63) is 58.7 Å². The minimum absolute atomic E-state index is 0.0339. The van der Waals surface area contributed by atoms with Gasteiger partial charge in [0.25, 0.3) is 5.91 Å². The molecule has 0 atom stereocenters. The molecule has 1 heterocycles. The summed E-state index contributed by atoms with van der Waals surface area (Å²) in [6.45, 7) is 6.81. The smallest absolute Gasteiger partial charge is 0.268 e. The summed E-state index contributed by atoms with van der Waals surface area (Å²) in [4.78, 5) is 12.5. The van der Waals surface area contributed by atoms with Crippen molar-refractivity contribution in [2.24, 2.45) is 0 Å². The van der Waals surface area contributed by atoms with Gasteiger partial charge in [0.2, 0.25) is 19.3 Å². The molecule has 0 radical (unpaired) electrons. The Hall–Kier alpha value is -3.95. The van der Waals surface area contributed by atoms with Crippen LogP contribution in [0.1, 0.15) is 23.6 Å². The number of anilines is 1. The molecule has 0 saturated heterocycles. The quantitative estimate of drug-likeness (QED) is 0.165. The van der Waals surface area contributed by atoms with Gasteiger partial charge in [-0.25, -0.2) is 8.42 Å². The number of benzene rings is 2. The molecule has 0 aliphatic heterocycles. The van der Waals surface area contributed by atoms with E-state index in [-0.39, 0.29) is 21.7 Å². The molecule has 0 aliphatic carbocycles. The highest BCUT2D eigenvalue weighted by atomic mass is 32.2. The first-order valence-electron chi connectivity index (χ1n) is 11.2. The predicted molar refractivity (Wildman–Crippen MR) is 140 cm³/mol. The molecule has 2 aromatic carbocycles. The molecule has 0 bridgehead atoms. The van der Waals surface area contributed by atoms with Crippen LogP contribution in [0.4, 0.5) is 5.13 Å². The van der Waals surface area contributed by atoms with Crippen LogP contribution in [0, 0.1) is 25.2 Å². The van der Waals surface area contributed by atoms with Crippen LogP contribution >= 0.6 is 11.3 Å². The average Bonchev–Trinajstić information content (AvgIpc) is 3.32. The van der Waals surface area contributed by atoms with Gasteiger partial charge in [0.1, 0.15) is 30.6 Å². The number of ether oxygens (including phenoxy) is 3. The van der Waals surface area contributed by atoms with Gasteiger partial charge in [-0.15, -0.1) is 10.2 Å². The van der Waals surface area contributed by atoms with E-state index < -0.39 is 15.7 Å². The fourth-order valence-corrected chi connectivity index (χ4v) is 4.72. The van der Waals surface area contributed by atoms with Gasteiger partial charge in [0.05, 0.1) is 6.61 Å². The van der Waals surface area contributed by atoms with E-state index in [2.05, 4.69) is 15.5 Å². The van der Waals surface area contributed by atoms with E-state index in [1.54, 1.807) is 18.2 Å². The van der Waals surface area contributed by atoms with E-state index >= 15 is 0 Å². The van der Waals surface area contributed by atoms with Crippen molar-refractivity contribution in [3.8, 4) is 23.3 Å². The standard InChI is InChI=1S/C25H26N4O6S2/c1-5-33-21-14-18(9-10-20(21)34-11-12-35-22-16(2)7-6-8-17(22)3)13-19(15-26)23(30)27-24-28-29-25(36-24)37(4,31)32/h6-10,13-14H,5,11-12H2,1-4H3,(H,27,28,30). The van der Waals surface area contributed by atoms with Crippen LogP contribution in [-0.2, 0) is 14.6 Å². The van der Waals surface area contributed by atoms with Crippen molar-refractivity contribution < 1.29 is 27.4 Å². The van der Waals surface area contributed by atoms with Gasteiger partial charge >= 0.3 is 0 Å². The summed E-state index contributed by atoms with van der Waals surface area (Å²) in [6.07, 6.45) is 2.37. The van der Waals surface area contributed by atoms with Crippen LogP contribution in [0.2, 0.25) is 0 Å². The third-order valence-electron chi connectivity index (χ3n) is 4.88. The topological polar surface area (TPSA) is 140 Å². The number of aromatic nitrogens is 2. The highest BCUT2D eigenvalue weighted by Gasteiger charge is 2.18. The number of aryl methyl sites for hydroxylation is 2. The lowest BCUT2D eigenvalue weighted by molar-refractivity contribution is -0.112. The van der Waals surface area contributed by atoms with Crippen LogP contribution in [0.3, 0.4) is 0 Å². The number of sulfone groups is 1. The Morgan fingerprint density at radius 3 is 2.41 bits per heavy atom. The molecular formula is C25H26N4O6S2. The molecular weight excluding hydrogens is 516 g/mol. The lowest BCUT2D eigenvalue weighted by Gasteiger charge is -2.15. The fourth-order valence-electron chi connectivity index (χ4n) is 3.21. The lowest BCUT2D eigenvalue weighted by Crippen LogP contribution is -2.13. The lowest BCUT2D eigenvalue weighted by atomic mass is 10.1. The first kappa shape index (κ1) is 27.6. The zero-order chi connectivity index (χ0) is 27.0. The van der Waals surface area contributed by atoms with Crippen molar-refractivity contribution in [2.75, 3.05) is 31.4 Å². The van der Waals surface area contributed by atoms with Crippen molar-refractivity contribution >= 4 is 38.3 Å². The number of rotatable bonds is 11. The van der Waals surface area contributed by atoms with Gasteiger partial charge in [-0.05, 0) is 55.7 Å². The van der Waals surface area contributed by atoms with Crippen molar-refractivity contribution in [3.63, 3.8) is 0 Å². The van der Waals surface area contributed by atoms with Gasteiger partial charge < -0.3 is 14.2 Å². The largest absolute Gasteiger partial charge is 0.490 e. The molecule has 3 aromatic rings. The molecule has 0 aliphatic rings. The Kier molecular flexibility index (Phi) is 9.21. The summed E-state index contributed by atoms with van der Waals surface area (Å²) >= 11 is 0.697. The van der Waals surface area contributed by atoms with Crippen LogP contribution in [-0.4, -0.2) is 50.6 Å². The number of para-hydroxylation sites is 1. The second-order valence-corrected chi connectivity index (χ2v) is 11.0. The first-order chi connectivity index (χ1) is 17.6. The van der Waals surface area contributed by atoms with Gasteiger partial charge in [0, 0.05) is 6.26 Å². The Balaban J connectivity index is 1.69. The molecule has 194 valence electrons. The number of amides is 1. The molecule has 1 N–H and O–H groups in total. The number of hydrogen-bond acceptors (Lipinski definition) is 10. The van der Waals surface area contributed by atoms with E-state index in [0.29, 0.717) is 41.6 Å². The van der Waals surface area contributed by atoms with Crippen molar-refractivity contribution in [2.45, 2.75) is 25.1 Å². The summed E-state index contributed by atoms with van der Waals surface area (Å²) in [5.41, 5.74) is 2.41. The summed E-state index contributed by atoms with van der Waals surface area (Å²) in [7, 11) is -3.55. The number of carbonyl (C=O) groups is 1. The van der Waals surface area contributed by atoms with Crippen molar-refractivity contribution in [1.82, 2.24) is 10.2 Å². The second-order valence-electron chi connectivity index (χ2n) is 7.83. The molecule has 0 unspecified atom stereocenters. The van der Waals surface area contributed by atoms with E-state index in [0.717, 1.165) is 23.1 Å². The molecule has 1 amide bonds. The molecule has 0 spiro atoms. The minimum atomic E-state index is -3.55. The average molecular weight is 543 g/mol. The SMILES string of the molecule is CCOc1cc(C=C(C#N)C(=O)Nc2nnc(S(C)(=O)=O)s2)ccc1OCCOc1c(C)cccc1C. The molecule has 12 heteroatoms. The Bertz CT molecular complexity index is 1440. The van der Waals surface area contributed by atoms with E-state index in [1.165, 1.54) is 6.08 Å².